The second-order valence-corrected chi connectivity index (χ2v) is 7.49. The molecule has 110 valence electrons. The number of aryl methyl sites for hydroxylation is 1. The summed E-state index contributed by atoms with van der Waals surface area (Å²) in [5.74, 6) is 0. The highest BCUT2D eigenvalue weighted by atomic mass is 79.9. The molecule has 4 nitrogen and oxygen atoms in total. The van der Waals surface area contributed by atoms with Gasteiger partial charge in [0.05, 0.1) is 22.9 Å². The highest BCUT2D eigenvalue weighted by Gasteiger charge is 2.33. The number of hydrogen-bond donors (Lipinski definition) is 1. The van der Waals surface area contributed by atoms with E-state index in [1.807, 2.05) is 44.8 Å². The van der Waals surface area contributed by atoms with Gasteiger partial charge >= 0.3 is 0 Å². The lowest BCUT2D eigenvalue weighted by atomic mass is 10.0. The van der Waals surface area contributed by atoms with Crippen LogP contribution in [-0.2, 0) is 12.1 Å². The van der Waals surface area contributed by atoms with Crippen molar-refractivity contribution in [2.75, 3.05) is 20.6 Å². The van der Waals surface area contributed by atoms with Crippen LogP contribution < -0.4 is 0 Å². The molecule has 6 heteroatoms. The molecule has 0 amide bonds. The molecule has 0 spiro atoms. The van der Waals surface area contributed by atoms with Crippen molar-refractivity contribution in [1.29, 1.82) is 0 Å². The van der Waals surface area contributed by atoms with Crippen molar-refractivity contribution in [2.45, 2.75) is 26.0 Å². The van der Waals surface area contributed by atoms with Crippen LogP contribution in [0.1, 0.15) is 22.4 Å². The molecule has 20 heavy (non-hydrogen) atoms. The largest absolute Gasteiger partial charge is 0.378 e. The maximum absolute atomic E-state index is 11.0. The van der Waals surface area contributed by atoms with Crippen LogP contribution in [0.2, 0.25) is 0 Å². The van der Waals surface area contributed by atoms with Gasteiger partial charge in [-0.15, -0.1) is 11.3 Å². The van der Waals surface area contributed by atoms with Gasteiger partial charge in [0.15, 0.2) is 0 Å². The lowest BCUT2D eigenvalue weighted by Crippen LogP contribution is -2.29. The van der Waals surface area contributed by atoms with Crippen LogP contribution in [0.4, 0.5) is 0 Å². The van der Waals surface area contributed by atoms with Crippen LogP contribution in [0.25, 0.3) is 0 Å². The number of nitrogens with zero attached hydrogens (tertiary/aromatic N) is 3. The summed E-state index contributed by atoms with van der Waals surface area (Å²) in [6, 6.07) is 4.01. The van der Waals surface area contributed by atoms with E-state index in [1.54, 1.807) is 17.5 Å². The van der Waals surface area contributed by atoms with E-state index >= 15 is 0 Å². The Labute approximate surface area is 132 Å². The zero-order valence-electron chi connectivity index (χ0n) is 12.2. The van der Waals surface area contributed by atoms with E-state index in [0.717, 1.165) is 28.1 Å². The number of aliphatic hydroxyl groups is 1. The smallest absolute Gasteiger partial charge is 0.139 e. The minimum absolute atomic E-state index is 0.744. The molecule has 0 bridgehead atoms. The molecule has 2 aromatic heterocycles. The molecular formula is C14H20BrN3OS. The van der Waals surface area contributed by atoms with Crippen molar-refractivity contribution in [2.24, 2.45) is 0 Å². The number of rotatable bonds is 5. The van der Waals surface area contributed by atoms with Crippen molar-refractivity contribution < 1.29 is 5.11 Å². The molecule has 1 N–H and O–H groups in total. The third kappa shape index (κ3) is 3.14. The van der Waals surface area contributed by atoms with Gasteiger partial charge in [0, 0.05) is 16.3 Å². The van der Waals surface area contributed by atoms with Gasteiger partial charge in [0.1, 0.15) is 5.60 Å². The third-order valence-electron chi connectivity index (χ3n) is 3.24. The molecule has 2 rings (SSSR count). The van der Waals surface area contributed by atoms with Gasteiger partial charge in [-0.25, -0.2) is 0 Å². The van der Waals surface area contributed by atoms with Gasteiger partial charge in [-0.1, -0.05) is 0 Å². The van der Waals surface area contributed by atoms with Crippen molar-refractivity contribution in [1.82, 2.24) is 14.7 Å². The minimum atomic E-state index is -1.04. The zero-order chi connectivity index (χ0) is 14.9. The fraction of sp³-hybridized carbons (Fsp3) is 0.500. The lowest BCUT2D eigenvalue weighted by Gasteiger charge is -2.24. The fourth-order valence-corrected chi connectivity index (χ4v) is 3.72. The van der Waals surface area contributed by atoms with Crippen LogP contribution in [0.5, 0.6) is 0 Å². The lowest BCUT2D eigenvalue weighted by molar-refractivity contribution is 0.0939. The first-order chi connectivity index (χ1) is 9.32. The average molecular weight is 358 g/mol. The monoisotopic (exact) mass is 357 g/mol. The minimum Gasteiger partial charge on any atom is -0.378 e. The average Bonchev–Trinajstić information content (AvgIpc) is 2.93. The van der Waals surface area contributed by atoms with E-state index in [1.165, 1.54) is 4.88 Å². The van der Waals surface area contributed by atoms with E-state index in [-0.39, 0.29) is 0 Å². The molecule has 0 saturated carbocycles. The highest BCUT2D eigenvalue weighted by molar-refractivity contribution is 9.10. The number of thiophene rings is 1. The number of aromatic nitrogens is 2. The summed E-state index contributed by atoms with van der Waals surface area (Å²) >= 11 is 5.12. The Morgan fingerprint density at radius 2 is 2.15 bits per heavy atom. The van der Waals surface area contributed by atoms with Gasteiger partial charge in [-0.3, -0.25) is 4.68 Å². The number of halogens is 1. The van der Waals surface area contributed by atoms with Crippen LogP contribution in [0, 0.1) is 6.92 Å². The molecule has 1 atom stereocenters. The number of hydrogen-bond acceptors (Lipinski definition) is 4. The standard InChI is InChI=1S/C14H20BrN3OS/c1-10-5-6-12(20-10)14(2,19)13-11(15)9-16-18(13)8-7-17(3)4/h5-6,9,19H,7-8H2,1-4H3. The summed E-state index contributed by atoms with van der Waals surface area (Å²) in [4.78, 5) is 4.22. The van der Waals surface area contributed by atoms with E-state index in [2.05, 4.69) is 25.9 Å². The normalized spacial score (nSPS) is 14.8. The first-order valence-corrected chi connectivity index (χ1v) is 8.09. The maximum Gasteiger partial charge on any atom is 0.139 e. The zero-order valence-corrected chi connectivity index (χ0v) is 14.6. The fourth-order valence-electron chi connectivity index (χ4n) is 2.12. The first-order valence-electron chi connectivity index (χ1n) is 6.48. The molecule has 0 saturated heterocycles. The number of likely N-dealkylation sites (N-methyl/N-ethyl adjacent to an activating group) is 1. The first kappa shape index (κ1) is 15.7. The van der Waals surface area contributed by atoms with Crippen LogP contribution >= 0.6 is 27.3 Å². The summed E-state index contributed by atoms with van der Waals surface area (Å²) in [7, 11) is 4.05. The Balaban J connectivity index is 2.38. The molecule has 2 aromatic rings. The summed E-state index contributed by atoms with van der Waals surface area (Å²) < 4.78 is 2.71. The Kier molecular flexibility index (Phi) is 4.69. The van der Waals surface area contributed by atoms with Gasteiger partial charge in [-0.2, -0.15) is 5.10 Å². The summed E-state index contributed by atoms with van der Waals surface area (Å²) in [6.07, 6.45) is 1.75. The molecule has 0 aliphatic heterocycles. The predicted molar refractivity (Wildman–Crippen MR) is 86.2 cm³/mol. The van der Waals surface area contributed by atoms with Gasteiger partial charge in [-0.05, 0) is 56.0 Å². The molecule has 2 heterocycles. The second-order valence-electron chi connectivity index (χ2n) is 5.35. The van der Waals surface area contributed by atoms with Gasteiger partial charge < -0.3 is 10.0 Å². The molecular weight excluding hydrogens is 338 g/mol. The SMILES string of the molecule is Cc1ccc(C(C)(O)c2c(Br)cnn2CCN(C)C)s1. The quantitative estimate of drug-likeness (QED) is 0.894. The third-order valence-corrected chi connectivity index (χ3v) is 5.03. The topological polar surface area (TPSA) is 41.3 Å². The van der Waals surface area contributed by atoms with Crippen molar-refractivity contribution in [3.05, 3.63) is 38.3 Å². The Hall–Kier alpha value is -0.690. The predicted octanol–water partition coefficient (Wildman–Crippen LogP) is 2.83. The summed E-state index contributed by atoms with van der Waals surface area (Å²) in [5, 5.41) is 15.4. The van der Waals surface area contributed by atoms with E-state index < -0.39 is 5.60 Å². The molecule has 1 unspecified atom stereocenters. The van der Waals surface area contributed by atoms with Crippen molar-refractivity contribution in [3.8, 4) is 0 Å². The van der Waals surface area contributed by atoms with E-state index in [9.17, 15) is 5.11 Å². The maximum atomic E-state index is 11.0. The molecule has 0 aromatic carbocycles. The van der Waals surface area contributed by atoms with E-state index in [4.69, 9.17) is 0 Å². The Morgan fingerprint density at radius 3 is 2.70 bits per heavy atom. The Bertz CT molecular complexity index is 589. The van der Waals surface area contributed by atoms with Crippen LogP contribution in [0.15, 0.2) is 22.8 Å². The molecule has 0 fully saturated rings. The van der Waals surface area contributed by atoms with Crippen LogP contribution in [-0.4, -0.2) is 40.4 Å². The van der Waals surface area contributed by atoms with Crippen molar-refractivity contribution in [3.63, 3.8) is 0 Å². The Morgan fingerprint density at radius 1 is 1.45 bits per heavy atom. The van der Waals surface area contributed by atoms with Gasteiger partial charge in [0.25, 0.3) is 0 Å². The van der Waals surface area contributed by atoms with Gasteiger partial charge in [0.2, 0.25) is 0 Å². The highest BCUT2D eigenvalue weighted by Crippen LogP contribution is 2.37. The summed E-state index contributed by atoms with van der Waals surface area (Å²) in [6.45, 7) is 5.49. The molecule has 0 radical (unpaired) electrons. The van der Waals surface area contributed by atoms with E-state index in [0.29, 0.717) is 0 Å². The second kappa shape index (κ2) is 5.97. The molecule has 0 aliphatic carbocycles. The summed E-state index contributed by atoms with van der Waals surface area (Å²) in [5.41, 5.74) is -0.234. The van der Waals surface area contributed by atoms with Crippen LogP contribution in [0.3, 0.4) is 0 Å². The molecule has 0 aliphatic rings. The van der Waals surface area contributed by atoms with Crippen molar-refractivity contribution >= 4 is 27.3 Å².